The quantitative estimate of drug-likeness (QED) is 0.711. The summed E-state index contributed by atoms with van der Waals surface area (Å²) in [6.45, 7) is 0. The van der Waals surface area contributed by atoms with Crippen molar-refractivity contribution in [1.29, 1.82) is 0 Å². The lowest BCUT2D eigenvalue weighted by atomic mass is 10.0. The van der Waals surface area contributed by atoms with Crippen LogP contribution in [0.2, 0.25) is 5.02 Å². The van der Waals surface area contributed by atoms with Gasteiger partial charge in [-0.15, -0.1) is 11.8 Å². The minimum absolute atomic E-state index is 0.239. The molecule has 0 saturated heterocycles. The minimum Gasteiger partial charge on any atom is -0.497 e. The predicted octanol–water partition coefficient (Wildman–Crippen LogP) is 4.02. The lowest BCUT2D eigenvalue weighted by Crippen LogP contribution is -2.30. The summed E-state index contributed by atoms with van der Waals surface area (Å²) in [5.41, 5.74) is 1.10. The summed E-state index contributed by atoms with van der Waals surface area (Å²) < 4.78 is 5.17. The number of benzene rings is 2. The number of carboxylic acid groups (broad SMARTS) is 1. The minimum atomic E-state index is -1.01. The molecule has 5 nitrogen and oxygen atoms in total. The molecule has 0 aliphatic heterocycles. The van der Waals surface area contributed by atoms with Gasteiger partial charge in [-0.25, -0.2) is 0 Å². The van der Waals surface area contributed by atoms with Crippen LogP contribution in [0.4, 0.5) is 0 Å². The second-order valence-electron chi connectivity index (χ2n) is 5.25. The van der Waals surface area contributed by atoms with Crippen LogP contribution in [0.25, 0.3) is 0 Å². The van der Waals surface area contributed by atoms with E-state index in [2.05, 4.69) is 5.32 Å². The van der Waals surface area contributed by atoms with Crippen molar-refractivity contribution in [3.05, 3.63) is 58.6 Å². The van der Waals surface area contributed by atoms with Crippen molar-refractivity contribution in [2.45, 2.75) is 17.4 Å². The molecule has 1 amide bonds. The Kier molecular flexibility index (Phi) is 6.73. The fourth-order valence-electron chi connectivity index (χ4n) is 2.37. The number of halogens is 1. The smallest absolute Gasteiger partial charge is 0.305 e. The molecule has 0 spiro atoms. The number of rotatable bonds is 7. The van der Waals surface area contributed by atoms with Crippen LogP contribution in [-0.4, -0.2) is 30.3 Å². The van der Waals surface area contributed by atoms with Crippen LogP contribution < -0.4 is 10.1 Å². The van der Waals surface area contributed by atoms with Gasteiger partial charge in [-0.2, -0.15) is 0 Å². The Hall–Kier alpha value is -2.18. The molecule has 7 heteroatoms. The van der Waals surface area contributed by atoms with Gasteiger partial charge in [-0.1, -0.05) is 23.7 Å². The summed E-state index contributed by atoms with van der Waals surface area (Å²) in [5.74, 6) is -0.707. The summed E-state index contributed by atoms with van der Waals surface area (Å²) in [4.78, 5) is 24.6. The molecule has 0 saturated carbocycles. The van der Waals surface area contributed by atoms with E-state index in [0.717, 1.165) is 4.90 Å². The van der Waals surface area contributed by atoms with E-state index in [1.165, 1.54) is 11.8 Å². The van der Waals surface area contributed by atoms with Crippen LogP contribution >= 0.6 is 23.4 Å². The standard InChI is InChI=1S/C18H18ClNO4S/c1-24-13-6-7-14(16(9-13)25-2)18(23)20-15(10-17(21)22)11-4-3-5-12(19)8-11/h3-9,15H,10H2,1-2H3,(H,20,23)(H,21,22)/t15-/m1/s1. The zero-order valence-electron chi connectivity index (χ0n) is 13.8. The third kappa shape index (κ3) is 5.14. The third-order valence-electron chi connectivity index (χ3n) is 3.59. The zero-order valence-corrected chi connectivity index (χ0v) is 15.4. The Labute approximate surface area is 155 Å². The first-order valence-corrected chi connectivity index (χ1v) is 9.05. The van der Waals surface area contributed by atoms with Crippen LogP contribution in [0.1, 0.15) is 28.4 Å². The molecule has 0 unspecified atom stereocenters. The Bertz CT molecular complexity index is 781. The van der Waals surface area contributed by atoms with E-state index in [-0.39, 0.29) is 12.3 Å². The third-order valence-corrected chi connectivity index (χ3v) is 4.60. The van der Waals surface area contributed by atoms with E-state index in [9.17, 15) is 9.59 Å². The number of nitrogens with one attached hydrogen (secondary N) is 1. The van der Waals surface area contributed by atoms with E-state index in [4.69, 9.17) is 21.4 Å². The molecule has 0 aliphatic rings. The fourth-order valence-corrected chi connectivity index (χ4v) is 3.19. The number of hydrogen-bond donors (Lipinski definition) is 2. The molecule has 2 aromatic rings. The number of ether oxygens (including phenoxy) is 1. The van der Waals surface area contributed by atoms with E-state index in [1.54, 1.807) is 49.6 Å². The molecule has 0 fully saturated rings. The van der Waals surface area contributed by atoms with E-state index >= 15 is 0 Å². The van der Waals surface area contributed by atoms with Gasteiger partial charge in [-0.05, 0) is 42.2 Å². The molecule has 2 N–H and O–H groups in total. The van der Waals surface area contributed by atoms with Gasteiger partial charge in [0.05, 0.1) is 25.1 Å². The highest BCUT2D eigenvalue weighted by molar-refractivity contribution is 7.98. The van der Waals surface area contributed by atoms with Crippen LogP contribution in [0, 0.1) is 0 Å². The molecular weight excluding hydrogens is 362 g/mol. The van der Waals surface area contributed by atoms with Crippen molar-refractivity contribution >= 4 is 35.2 Å². The van der Waals surface area contributed by atoms with Gasteiger partial charge in [0, 0.05) is 9.92 Å². The molecule has 0 aliphatic carbocycles. The number of thioether (sulfide) groups is 1. The molecule has 132 valence electrons. The molecule has 25 heavy (non-hydrogen) atoms. The summed E-state index contributed by atoms with van der Waals surface area (Å²) >= 11 is 7.40. The normalized spacial score (nSPS) is 11.6. The number of amides is 1. The molecule has 2 rings (SSSR count). The second kappa shape index (κ2) is 8.78. The zero-order chi connectivity index (χ0) is 18.4. The average molecular weight is 380 g/mol. The Morgan fingerprint density at radius 3 is 2.64 bits per heavy atom. The number of hydrogen-bond acceptors (Lipinski definition) is 4. The molecule has 0 bridgehead atoms. The van der Waals surface area contributed by atoms with Gasteiger partial charge in [0.1, 0.15) is 5.75 Å². The van der Waals surface area contributed by atoms with Crippen LogP contribution in [0.3, 0.4) is 0 Å². The van der Waals surface area contributed by atoms with Crippen LogP contribution in [0.15, 0.2) is 47.4 Å². The monoisotopic (exact) mass is 379 g/mol. The summed E-state index contributed by atoms with van der Waals surface area (Å²) in [6, 6.07) is 11.3. The van der Waals surface area contributed by atoms with E-state index in [0.29, 0.717) is 21.9 Å². The SMILES string of the molecule is COc1ccc(C(=O)N[C@H](CC(=O)O)c2cccc(Cl)c2)c(SC)c1. The number of carboxylic acids is 1. The maximum Gasteiger partial charge on any atom is 0.305 e. The number of methoxy groups -OCH3 is 1. The Morgan fingerprint density at radius 2 is 2.04 bits per heavy atom. The van der Waals surface area contributed by atoms with Crippen molar-refractivity contribution in [1.82, 2.24) is 5.32 Å². The first-order valence-electron chi connectivity index (χ1n) is 7.44. The summed E-state index contributed by atoms with van der Waals surface area (Å²) in [6.07, 6.45) is 1.62. The molecule has 0 radical (unpaired) electrons. The van der Waals surface area contributed by atoms with Crippen molar-refractivity contribution in [3.63, 3.8) is 0 Å². The molecular formula is C18H18ClNO4S. The Balaban J connectivity index is 2.29. The highest BCUT2D eigenvalue weighted by Gasteiger charge is 2.21. The van der Waals surface area contributed by atoms with E-state index < -0.39 is 12.0 Å². The average Bonchev–Trinajstić information content (AvgIpc) is 2.60. The van der Waals surface area contributed by atoms with Gasteiger partial charge < -0.3 is 15.2 Å². The molecule has 1 atom stereocenters. The van der Waals surface area contributed by atoms with Gasteiger partial charge in [0.15, 0.2) is 0 Å². The predicted molar refractivity (Wildman–Crippen MR) is 98.7 cm³/mol. The van der Waals surface area contributed by atoms with Crippen molar-refractivity contribution < 1.29 is 19.4 Å². The van der Waals surface area contributed by atoms with Gasteiger partial charge in [-0.3, -0.25) is 9.59 Å². The lowest BCUT2D eigenvalue weighted by Gasteiger charge is -2.19. The van der Waals surface area contributed by atoms with Crippen LogP contribution in [0.5, 0.6) is 5.75 Å². The number of aliphatic carboxylic acids is 1. The topological polar surface area (TPSA) is 75.6 Å². The number of carbonyl (C=O) groups excluding carboxylic acids is 1. The number of carbonyl (C=O) groups is 2. The van der Waals surface area contributed by atoms with Crippen LogP contribution in [-0.2, 0) is 4.79 Å². The lowest BCUT2D eigenvalue weighted by molar-refractivity contribution is -0.137. The van der Waals surface area contributed by atoms with Gasteiger partial charge in [0.2, 0.25) is 0 Å². The largest absolute Gasteiger partial charge is 0.497 e. The van der Waals surface area contributed by atoms with Crippen molar-refractivity contribution in [2.24, 2.45) is 0 Å². The van der Waals surface area contributed by atoms with E-state index in [1.807, 2.05) is 6.26 Å². The second-order valence-corrected chi connectivity index (χ2v) is 6.53. The van der Waals surface area contributed by atoms with Crippen molar-refractivity contribution in [2.75, 3.05) is 13.4 Å². The summed E-state index contributed by atoms with van der Waals surface area (Å²) in [5, 5.41) is 12.4. The fraction of sp³-hybridized carbons (Fsp3) is 0.222. The Morgan fingerprint density at radius 1 is 1.28 bits per heavy atom. The molecule has 0 aromatic heterocycles. The van der Waals surface area contributed by atoms with Crippen molar-refractivity contribution in [3.8, 4) is 5.75 Å². The highest BCUT2D eigenvalue weighted by Crippen LogP contribution is 2.27. The first-order chi connectivity index (χ1) is 11.9. The van der Waals surface area contributed by atoms with Gasteiger partial charge >= 0.3 is 5.97 Å². The molecule has 0 heterocycles. The summed E-state index contributed by atoms with van der Waals surface area (Å²) in [7, 11) is 1.56. The first kappa shape index (κ1) is 19.1. The molecule has 2 aromatic carbocycles. The highest BCUT2D eigenvalue weighted by atomic mass is 35.5. The maximum absolute atomic E-state index is 12.7. The maximum atomic E-state index is 12.7. The van der Waals surface area contributed by atoms with Gasteiger partial charge in [0.25, 0.3) is 5.91 Å².